The van der Waals surface area contributed by atoms with Gasteiger partial charge in [-0.2, -0.15) is 0 Å². The lowest BCUT2D eigenvalue weighted by Crippen LogP contribution is -2.14. The van der Waals surface area contributed by atoms with Gasteiger partial charge in [0.05, 0.1) is 5.56 Å². The van der Waals surface area contributed by atoms with Crippen LogP contribution in [0.2, 0.25) is 5.02 Å². The summed E-state index contributed by atoms with van der Waals surface area (Å²) in [5.41, 5.74) is 4.92. The summed E-state index contributed by atoms with van der Waals surface area (Å²) in [6.07, 6.45) is 1.19. The first kappa shape index (κ1) is 13.8. The number of nitrogens with one attached hydrogen (secondary N) is 1. The minimum absolute atomic E-state index is 0.0825. The van der Waals surface area contributed by atoms with Crippen LogP contribution in [0.3, 0.4) is 0 Å². The molecule has 6 nitrogen and oxygen atoms in total. The molecule has 0 saturated heterocycles. The predicted octanol–water partition coefficient (Wildman–Crippen LogP) is 1.35. The highest BCUT2D eigenvalue weighted by Crippen LogP contribution is 2.15. The number of primary amides is 1. The van der Waals surface area contributed by atoms with E-state index >= 15 is 0 Å². The molecular weight excluding hydrogens is 284 g/mol. The van der Waals surface area contributed by atoms with Crippen LogP contribution in [-0.2, 0) is 0 Å². The van der Waals surface area contributed by atoms with Crippen LogP contribution in [0.15, 0.2) is 41.3 Å². The van der Waals surface area contributed by atoms with E-state index in [2.05, 4.69) is 4.98 Å². The fraction of sp³-hybridized carbons (Fsp3) is 0. The largest absolute Gasteiger partial charge is 0.423 e. The highest BCUT2D eigenvalue weighted by atomic mass is 35.5. The predicted molar refractivity (Wildman–Crippen MR) is 72.0 cm³/mol. The van der Waals surface area contributed by atoms with E-state index in [1.807, 2.05) is 0 Å². The van der Waals surface area contributed by atoms with Gasteiger partial charge in [-0.3, -0.25) is 9.59 Å². The first-order valence-electron chi connectivity index (χ1n) is 5.47. The molecule has 0 spiro atoms. The van der Waals surface area contributed by atoms with Crippen molar-refractivity contribution >= 4 is 23.5 Å². The van der Waals surface area contributed by atoms with Crippen LogP contribution in [0.4, 0.5) is 0 Å². The van der Waals surface area contributed by atoms with Crippen molar-refractivity contribution in [3.8, 4) is 5.75 Å². The second-order valence-electron chi connectivity index (χ2n) is 3.85. The maximum absolute atomic E-state index is 11.8. The van der Waals surface area contributed by atoms with Gasteiger partial charge in [-0.15, -0.1) is 0 Å². The smallest absolute Gasteiger partial charge is 0.345 e. The monoisotopic (exact) mass is 292 g/mol. The Hall–Kier alpha value is -2.60. The molecule has 0 bridgehead atoms. The van der Waals surface area contributed by atoms with Crippen molar-refractivity contribution in [3.63, 3.8) is 0 Å². The molecule has 1 aromatic carbocycles. The van der Waals surface area contributed by atoms with Crippen molar-refractivity contribution in [2.45, 2.75) is 0 Å². The Bertz CT molecular complexity index is 739. The van der Waals surface area contributed by atoms with E-state index in [9.17, 15) is 14.4 Å². The molecule has 0 unspecified atom stereocenters. The summed E-state index contributed by atoms with van der Waals surface area (Å²) in [5, 5.41) is -0.120. The van der Waals surface area contributed by atoms with E-state index < -0.39 is 17.4 Å². The number of benzene rings is 1. The Morgan fingerprint density at radius 1 is 1.20 bits per heavy atom. The number of amides is 1. The molecule has 3 N–H and O–H groups in total. The summed E-state index contributed by atoms with van der Waals surface area (Å²) in [6.45, 7) is 0. The van der Waals surface area contributed by atoms with Crippen molar-refractivity contribution in [1.29, 1.82) is 0 Å². The number of carbonyl (C=O) groups excluding carboxylic acids is 2. The molecular formula is C13H9ClN2O4. The van der Waals surface area contributed by atoms with Gasteiger partial charge in [0.1, 0.15) is 10.8 Å². The topological polar surface area (TPSA) is 102 Å². The van der Waals surface area contributed by atoms with Gasteiger partial charge < -0.3 is 15.5 Å². The molecule has 102 valence electrons. The fourth-order valence-corrected chi connectivity index (χ4v) is 1.62. The standard InChI is InChI=1S/C13H9ClN2O4/c14-10-5-8(6-16-12(10)18)13(19)20-9-3-1-2-7(4-9)11(15)17/h1-6H,(H2,15,17)(H,16,18). The molecule has 20 heavy (non-hydrogen) atoms. The minimum atomic E-state index is -0.718. The van der Waals surface area contributed by atoms with Crippen molar-refractivity contribution in [3.05, 3.63) is 63.0 Å². The second kappa shape index (κ2) is 5.58. The molecule has 0 radical (unpaired) electrons. The molecule has 0 fully saturated rings. The second-order valence-corrected chi connectivity index (χ2v) is 4.25. The number of H-pyrrole nitrogens is 1. The van der Waals surface area contributed by atoms with Crippen LogP contribution in [-0.4, -0.2) is 16.9 Å². The molecule has 1 heterocycles. The SMILES string of the molecule is NC(=O)c1cccc(OC(=O)c2c[nH]c(=O)c(Cl)c2)c1. The van der Waals surface area contributed by atoms with Gasteiger partial charge in [-0.05, 0) is 24.3 Å². The average Bonchev–Trinajstić information content (AvgIpc) is 2.42. The molecule has 0 aliphatic heterocycles. The number of aromatic nitrogens is 1. The lowest BCUT2D eigenvalue weighted by molar-refractivity contribution is 0.0733. The summed E-state index contributed by atoms with van der Waals surface area (Å²) in [7, 11) is 0. The normalized spacial score (nSPS) is 10.1. The molecule has 0 aliphatic rings. The van der Waals surface area contributed by atoms with Gasteiger partial charge in [0, 0.05) is 11.8 Å². The van der Waals surface area contributed by atoms with E-state index in [-0.39, 0.29) is 21.9 Å². The lowest BCUT2D eigenvalue weighted by atomic mass is 10.2. The Labute approximate surface area is 118 Å². The van der Waals surface area contributed by atoms with E-state index in [1.165, 1.54) is 36.5 Å². The fourth-order valence-electron chi connectivity index (χ4n) is 1.45. The summed E-state index contributed by atoms with van der Waals surface area (Å²) in [4.78, 5) is 36.2. The number of halogens is 1. The summed E-state index contributed by atoms with van der Waals surface area (Å²) < 4.78 is 5.06. The van der Waals surface area contributed by atoms with Crippen molar-refractivity contribution in [1.82, 2.24) is 4.98 Å². The van der Waals surface area contributed by atoms with Gasteiger partial charge in [-0.1, -0.05) is 17.7 Å². The quantitative estimate of drug-likeness (QED) is 0.658. The van der Waals surface area contributed by atoms with Gasteiger partial charge in [0.15, 0.2) is 0 Å². The molecule has 2 rings (SSSR count). The third-order valence-corrected chi connectivity index (χ3v) is 2.70. The Kier molecular flexibility index (Phi) is 3.86. The van der Waals surface area contributed by atoms with Crippen LogP contribution in [0.1, 0.15) is 20.7 Å². The van der Waals surface area contributed by atoms with Crippen LogP contribution < -0.4 is 16.0 Å². The van der Waals surface area contributed by atoms with Crippen LogP contribution in [0, 0.1) is 0 Å². The Balaban J connectivity index is 2.23. The first-order valence-corrected chi connectivity index (χ1v) is 5.85. The van der Waals surface area contributed by atoms with Crippen molar-refractivity contribution in [2.24, 2.45) is 5.73 Å². The van der Waals surface area contributed by atoms with Crippen LogP contribution in [0.5, 0.6) is 5.75 Å². The van der Waals surface area contributed by atoms with Gasteiger partial charge in [-0.25, -0.2) is 4.79 Å². The lowest BCUT2D eigenvalue weighted by Gasteiger charge is -2.05. The highest BCUT2D eigenvalue weighted by molar-refractivity contribution is 6.30. The maximum Gasteiger partial charge on any atom is 0.345 e. The number of hydrogen-bond donors (Lipinski definition) is 2. The third kappa shape index (κ3) is 3.04. The van der Waals surface area contributed by atoms with Crippen molar-refractivity contribution in [2.75, 3.05) is 0 Å². The van der Waals surface area contributed by atoms with E-state index in [1.54, 1.807) is 0 Å². The number of carbonyl (C=O) groups is 2. The van der Waals surface area contributed by atoms with Gasteiger partial charge in [0.25, 0.3) is 5.56 Å². The minimum Gasteiger partial charge on any atom is -0.423 e. The number of pyridine rings is 1. The van der Waals surface area contributed by atoms with Crippen LogP contribution >= 0.6 is 11.6 Å². The maximum atomic E-state index is 11.8. The van der Waals surface area contributed by atoms with E-state index in [0.717, 1.165) is 0 Å². The molecule has 0 aliphatic carbocycles. The molecule has 1 aromatic heterocycles. The average molecular weight is 293 g/mol. The third-order valence-electron chi connectivity index (χ3n) is 2.42. The van der Waals surface area contributed by atoms with Crippen LogP contribution in [0.25, 0.3) is 0 Å². The summed E-state index contributed by atoms with van der Waals surface area (Å²) >= 11 is 5.61. The number of hydrogen-bond acceptors (Lipinski definition) is 4. The summed E-state index contributed by atoms with van der Waals surface area (Å²) in [6, 6.07) is 7.06. The molecule has 1 amide bonds. The zero-order valence-corrected chi connectivity index (χ0v) is 10.8. The Morgan fingerprint density at radius 3 is 2.60 bits per heavy atom. The van der Waals surface area contributed by atoms with E-state index in [4.69, 9.17) is 22.1 Å². The molecule has 7 heteroatoms. The molecule has 0 atom stereocenters. The Morgan fingerprint density at radius 2 is 1.95 bits per heavy atom. The number of ether oxygens (including phenoxy) is 1. The van der Waals surface area contributed by atoms with Crippen molar-refractivity contribution < 1.29 is 14.3 Å². The number of nitrogens with two attached hydrogens (primary N) is 1. The van der Waals surface area contributed by atoms with E-state index in [0.29, 0.717) is 0 Å². The zero-order valence-electron chi connectivity index (χ0n) is 10.1. The molecule has 0 saturated carbocycles. The number of rotatable bonds is 3. The van der Waals surface area contributed by atoms with Gasteiger partial charge >= 0.3 is 5.97 Å². The highest BCUT2D eigenvalue weighted by Gasteiger charge is 2.11. The number of esters is 1. The van der Waals surface area contributed by atoms with Gasteiger partial charge in [0.2, 0.25) is 5.91 Å². The molecule has 2 aromatic rings. The first-order chi connectivity index (χ1) is 9.47. The number of aromatic amines is 1. The summed E-state index contributed by atoms with van der Waals surface area (Å²) in [5.74, 6) is -1.19. The zero-order chi connectivity index (χ0) is 14.7.